The quantitative estimate of drug-likeness (QED) is 0.912. The first-order chi connectivity index (χ1) is 10.3. The molecule has 116 valence electrons. The zero-order valence-electron chi connectivity index (χ0n) is 13.9. The molecule has 2 rings (SSSR count). The van der Waals surface area contributed by atoms with Gasteiger partial charge in [0.05, 0.1) is 0 Å². The maximum absolute atomic E-state index is 12.3. The third-order valence-electron chi connectivity index (χ3n) is 3.52. The van der Waals surface area contributed by atoms with Crippen molar-refractivity contribution in [3.05, 3.63) is 58.7 Å². The normalized spacial score (nSPS) is 11.9. The van der Waals surface area contributed by atoms with Crippen molar-refractivity contribution in [2.75, 3.05) is 5.32 Å². The third-order valence-corrected chi connectivity index (χ3v) is 3.52. The third kappa shape index (κ3) is 4.10. The smallest absolute Gasteiger partial charge is 0.265 e. The van der Waals surface area contributed by atoms with Gasteiger partial charge in [0.1, 0.15) is 5.75 Å². The minimum absolute atomic E-state index is 0.147. The average Bonchev–Trinajstić information content (AvgIpc) is 2.40. The van der Waals surface area contributed by atoms with Crippen LogP contribution < -0.4 is 10.1 Å². The van der Waals surface area contributed by atoms with E-state index in [-0.39, 0.29) is 5.91 Å². The highest BCUT2D eigenvalue weighted by molar-refractivity contribution is 5.94. The Hall–Kier alpha value is -2.29. The molecule has 3 heteroatoms. The summed E-state index contributed by atoms with van der Waals surface area (Å²) in [6, 6.07) is 11.9. The highest BCUT2D eigenvalue weighted by Crippen LogP contribution is 2.19. The summed E-state index contributed by atoms with van der Waals surface area (Å²) in [7, 11) is 0. The molecule has 0 fully saturated rings. The van der Waals surface area contributed by atoms with Crippen molar-refractivity contribution < 1.29 is 9.53 Å². The van der Waals surface area contributed by atoms with Crippen molar-refractivity contribution in [2.24, 2.45) is 0 Å². The fourth-order valence-corrected chi connectivity index (χ4v) is 2.45. The van der Waals surface area contributed by atoms with Crippen LogP contribution in [0.25, 0.3) is 0 Å². The number of anilines is 1. The molecule has 0 heterocycles. The van der Waals surface area contributed by atoms with Crippen LogP contribution in [0.2, 0.25) is 0 Å². The molecule has 1 amide bonds. The van der Waals surface area contributed by atoms with Gasteiger partial charge < -0.3 is 10.1 Å². The van der Waals surface area contributed by atoms with Crippen molar-refractivity contribution in [2.45, 2.75) is 40.7 Å². The standard InChI is InChI=1S/C19H23NO2/c1-12-6-7-18(15(4)9-12)20-19(21)16(5)22-17-10-13(2)8-14(3)11-17/h6-11,16H,1-5H3,(H,20,21)/t16-/m0/s1. The van der Waals surface area contributed by atoms with E-state index >= 15 is 0 Å². The summed E-state index contributed by atoms with van der Waals surface area (Å²) in [5, 5.41) is 2.92. The number of amides is 1. The molecule has 22 heavy (non-hydrogen) atoms. The van der Waals surface area contributed by atoms with E-state index in [0.717, 1.165) is 28.1 Å². The van der Waals surface area contributed by atoms with Gasteiger partial charge >= 0.3 is 0 Å². The van der Waals surface area contributed by atoms with Crippen LogP contribution in [0.1, 0.15) is 29.2 Å². The van der Waals surface area contributed by atoms with Gasteiger partial charge in [-0.3, -0.25) is 4.79 Å². The fraction of sp³-hybridized carbons (Fsp3) is 0.316. The molecule has 0 saturated heterocycles. The molecule has 0 unspecified atom stereocenters. The highest BCUT2D eigenvalue weighted by Gasteiger charge is 2.16. The Balaban J connectivity index is 2.05. The molecule has 0 radical (unpaired) electrons. The zero-order valence-corrected chi connectivity index (χ0v) is 13.9. The second-order valence-corrected chi connectivity index (χ2v) is 5.89. The van der Waals surface area contributed by atoms with E-state index < -0.39 is 6.10 Å². The molecule has 0 aromatic heterocycles. The lowest BCUT2D eigenvalue weighted by Crippen LogP contribution is -2.30. The number of hydrogen-bond donors (Lipinski definition) is 1. The lowest BCUT2D eigenvalue weighted by molar-refractivity contribution is -0.122. The van der Waals surface area contributed by atoms with Gasteiger partial charge in [-0.1, -0.05) is 23.8 Å². The molecule has 2 aromatic carbocycles. The molecule has 1 N–H and O–H groups in total. The first-order valence-electron chi connectivity index (χ1n) is 7.48. The first-order valence-corrected chi connectivity index (χ1v) is 7.48. The van der Waals surface area contributed by atoms with Crippen LogP contribution in [0.5, 0.6) is 5.75 Å². The van der Waals surface area contributed by atoms with Crippen molar-refractivity contribution in [3.63, 3.8) is 0 Å². The van der Waals surface area contributed by atoms with Gasteiger partial charge in [0, 0.05) is 5.69 Å². The van der Waals surface area contributed by atoms with E-state index in [1.165, 1.54) is 5.56 Å². The van der Waals surface area contributed by atoms with Crippen LogP contribution in [-0.4, -0.2) is 12.0 Å². The van der Waals surface area contributed by atoms with Crippen LogP contribution in [0.3, 0.4) is 0 Å². The van der Waals surface area contributed by atoms with E-state index in [2.05, 4.69) is 11.4 Å². The monoisotopic (exact) mass is 297 g/mol. The number of aryl methyl sites for hydroxylation is 4. The summed E-state index contributed by atoms with van der Waals surface area (Å²) in [6.07, 6.45) is -0.554. The molecular formula is C19H23NO2. The number of carbonyl (C=O) groups excluding carboxylic acids is 1. The van der Waals surface area contributed by atoms with Gasteiger partial charge in [-0.15, -0.1) is 0 Å². The molecule has 1 atom stereocenters. The predicted octanol–water partition coefficient (Wildman–Crippen LogP) is 4.33. The molecule has 0 bridgehead atoms. The van der Waals surface area contributed by atoms with E-state index in [1.54, 1.807) is 6.92 Å². The number of carbonyl (C=O) groups is 1. The lowest BCUT2D eigenvalue weighted by Gasteiger charge is -2.16. The number of rotatable bonds is 4. The Morgan fingerprint density at radius 2 is 1.59 bits per heavy atom. The zero-order chi connectivity index (χ0) is 16.3. The van der Waals surface area contributed by atoms with Crippen molar-refractivity contribution >= 4 is 11.6 Å². The number of hydrogen-bond acceptors (Lipinski definition) is 2. The van der Waals surface area contributed by atoms with E-state index in [1.807, 2.05) is 58.0 Å². The molecule has 0 aliphatic heterocycles. The molecule has 0 aliphatic rings. The van der Waals surface area contributed by atoms with Gasteiger partial charge in [-0.05, 0) is 69.5 Å². The summed E-state index contributed by atoms with van der Waals surface area (Å²) >= 11 is 0. The van der Waals surface area contributed by atoms with Gasteiger partial charge in [-0.2, -0.15) is 0 Å². The fourth-order valence-electron chi connectivity index (χ4n) is 2.45. The average molecular weight is 297 g/mol. The van der Waals surface area contributed by atoms with E-state index in [0.29, 0.717) is 0 Å². The molecule has 0 aliphatic carbocycles. The van der Waals surface area contributed by atoms with E-state index in [4.69, 9.17) is 4.74 Å². The largest absolute Gasteiger partial charge is 0.481 e. The molecular weight excluding hydrogens is 274 g/mol. The first kappa shape index (κ1) is 16.1. The van der Waals surface area contributed by atoms with Gasteiger partial charge in [0.15, 0.2) is 6.10 Å². The summed E-state index contributed by atoms with van der Waals surface area (Å²) < 4.78 is 5.76. The Kier molecular flexibility index (Phi) is 4.86. The van der Waals surface area contributed by atoms with Gasteiger partial charge in [0.2, 0.25) is 0 Å². The predicted molar refractivity (Wildman–Crippen MR) is 90.6 cm³/mol. The molecule has 0 saturated carbocycles. The maximum Gasteiger partial charge on any atom is 0.265 e. The number of benzene rings is 2. The second-order valence-electron chi connectivity index (χ2n) is 5.89. The Labute approximate surface area is 132 Å². The topological polar surface area (TPSA) is 38.3 Å². The summed E-state index contributed by atoms with van der Waals surface area (Å²) in [4.78, 5) is 12.3. The van der Waals surface area contributed by atoms with Crippen LogP contribution >= 0.6 is 0 Å². The molecule has 3 nitrogen and oxygen atoms in total. The Morgan fingerprint density at radius 1 is 0.955 bits per heavy atom. The van der Waals surface area contributed by atoms with Gasteiger partial charge in [0.25, 0.3) is 5.91 Å². The lowest BCUT2D eigenvalue weighted by atomic mass is 10.1. The minimum atomic E-state index is -0.554. The highest BCUT2D eigenvalue weighted by atomic mass is 16.5. The maximum atomic E-state index is 12.3. The summed E-state index contributed by atoms with van der Waals surface area (Å²) in [6.45, 7) is 9.81. The Bertz CT molecular complexity index is 672. The van der Waals surface area contributed by atoms with Crippen molar-refractivity contribution in [1.29, 1.82) is 0 Å². The summed E-state index contributed by atoms with van der Waals surface area (Å²) in [5.41, 5.74) is 5.29. The number of ether oxygens (including phenoxy) is 1. The van der Waals surface area contributed by atoms with Crippen LogP contribution in [-0.2, 0) is 4.79 Å². The Morgan fingerprint density at radius 3 is 2.18 bits per heavy atom. The number of nitrogens with one attached hydrogen (secondary N) is 1. The van der Waals surface area contributed by atoms with Crippen molar-refractivity contribution in [1.82, 2.24) is 0 Å². The second kappa shape index (κ2) is 6.65. The minimum Gasteiger partial charge on any atom is -0.481 e. The molecule has 0 spiro atoms. The van der Waals surface area contributed by atoms with Crippen molar-refractivity contribution in [3.8, 4) is 5.75 Å². The van der Waals surface area contributed by atoms with Crippen LogP contribution in [0.15, 0.2) is 36.4 Å². The SMILES string of the molecule is Cc1cc(C)cc(O[C@@H](C)C(=O)Nc2ccc(C)cc2C)c1. The van der Waals surface area contributed by atoms with Crippen LogP contribution in [0, 0.1) is 27.7 Å². The van der Waals surface area contributed by atoms with Crippen LogP contribution in [0.4, 0.5) is 5.69 Å². The molecule has 2 aromatic rings. The van der Waals surface area contributed by atoms with E-state index in [9.17, 15) is 4.79 Å². The summed E-state index contributed by atoms with van der Waals surface area (Å²) in [5.74, 6) is 0.576. The van der Waals surface area contributed by atoms with Gasteiger partial charge in [-0.25, -0.2) is 0 Å².